The van der Waals surface area contributed by atoms with Crippen LogP contribution in [0.25, 0.3) is 0 Å². The standard InChI is InChI=1S/C20H40N3O5P/c1-12(2)17(21)19(25)23-18(13(3)4)20(26)22-11-15(24)10-16(29(27)28)14-8-6-5-7-9-14/h12-18,24,29H,5-11,21H2,1-4H3,(H,22,26)(H,23,25)(H,27,28)/t15-,16?,17-,18+/m1/s1. The average Bonchev–Trinajstić information content (AvgIpc) is 2.67. The first-order chi connectivity index (χ1) is 13.5. The van der Waals surface area contributed by atoms with Crippen molar-refractivity contribution >= 4 is 19.8 Å². The summed E-state index contributed by atoms with van der Waals surface area (Å²) in [6.07, 6.45) is 4.37. The molecule has 1 aliphatic rings. The number of aliphatic hydroxyl groups is 1. The van der Waals surface area contributed by atoms with Crippen molar-refractivity contribution in [3.05, 3.63) is 0 Å². The highest BCUT2D eigenvalue weighted by atomic mass is 31.1. The average molecular weight is 434 g/mol. The Hall–Kier alpha value is -0.950. The van der Waals surface area contributed by atoms with Crippen molar-refractivity contribution in [1.29, 1.82) is 0 Å². The van der Waals surface area contributed by atoms with Gasteiger partial charge in [0, 0.05) is 12.2 Å². The first-order valence-electron chi connectivity index (χ1n) is 10.8. The lowest BCUT2D eigenvalue weighted by Crippen LogP contribution is -2.55. The Morgan fingerprint density at radius 2 is 1.66 bits per heavy atom. The van der Waals surface area contributed by atoms with E-state index in [1.54, 1.807) is 0 Å². The summed E-state index contributed by atoms with van der Waals surface area (Å²) in [6.45, 7) is 7.28. The molecule has 0 radical (unpaired) electrons. The first kappa shape index (κ1) is 26.1. The van der Waals surface area contributed by atoms with Gasteiger partial charge < -0.3 is 26.4 Å². The Morgan fingerprint density at radius 3 is 2.14 bits per heavy atom. The molecule has 1 rings (SSSR count). The highest BCUT2D eigenvalue weighted by molar-refractivity contribution is 7.38. The van der Waals surface area contributed by atoms with Gasteiger partial charge in [-0.05, 0) is 37.0 Å². The molecule has 5 atom stereocenters. The van der Waals surface area contributed by atoms with Crippen LogP contribution in [0.2, 0.25) is 0 Å². The number of amides is 2. The van der Waals surface area contributed by atoms with Gasteiger partial charge in [0.1, 0.15) is 6.04 Å². The van der Waals surface area contributed by atoms with Crippen molar-refractivity contribution in [1.82, 2.24) is 10.6 Å². The van der Waals surface area contributed by atoms with Crippen LogP contribution in [0.5, 0.6) is 0 Å². The van der Waals surface area contributed by atoms with Crippen LogP contribution in [-0.2, 0) is 14.2 Å². The van der Waals surface area contributed by atoms with Gasteiger partial charge >= 0.3 is 0 Å². The minimum absolute atomic E-state index is 0.0213. The normalized spacial score (nSPS) is 20.7. The lowest BCUT2D eigenvalue weighted by molar-refractivity contribution is -0.131. The van der Waals surface area contributed by atoms with Crippen molar-refractivity contribution in [3.63, 3.8) is 0 Å². The molecule has 0 aliphatic heterocycles. The molecule has 1 aliphatic carbocycles. The van der Waals surface area contributed by atoms with E-state index >= 15 is 0 Å². The molecular formula is C20H40N3O5P. The van der Waals surface area contributed by atoms with Gasteiger partial charge in [0.25, 0.3) is 0 Å². The Kier molecular flexibility index (Phi) is 11.4. The Labute approximate surface area is 175 Å². The zero-order valence-corrected chi connectivity index (χ0v) is 19.2. The maximum atomic E-state index is 12.6. The SMILES string of the molecule is CC(C)[C@H](NC(=O)[C@H](N)C(C)C)C(=O)NC[C@H](O)CC(C1CCCCC1)[PH](=O)O. The number of hydrogen-bond acceptors (Lipinski definition) is 5. The second-order valence-corrected chi connectivity index (χ2v) is 10.4. The molecular weight excluding hydrogens is 393 g/mol. The van der Waals surface area contributed by atoms with E-state index in [9.17, 15) is 24.2 Å². The molecule has 0 aromatic heterocycles. The van der Waals surface area contributed by atoms with Gasteiger partial charge in [-0.1, -0.05) is 47.0 Å². The van der Waals surface area contributed by atoms with E-state index in [0.29, 0.717) is 0 Å². The fourth-order valence-electron chi connectivity index (χ4n) is 3.82. The third kappa shape index (κ3) is 8.75. The second-order valence-electron chi connectivity index (χ2n) is 8.98. The van der Waals surface area contributed by atoms with Gasteiger partial charge in [0.15, 0.2) is 8.03 Å². The van der Waals surface area contributed by atoms with Crippen LogP contribution >= 0.6 is 8.03 Å². The quantitative estimate of drug-likeness (QED) is 0.312. The lowest BCUT2D eigenvalue weighted by atomic mass is 9.85. The summed E-state index contributed by atoms with van der Waals surface area (Å²) in [5.74, 6) is -0.823. The molecule has 2 unspecified atom stereocenters. The molecule has 8 nitrogen and oxygen atoms in total. The minimum atomic E-state index is -2.76. The van der Waals surface area contributed by atoms with Crippen molar-refractivity contribution in [2.24, 2.45) is 23.5 Å². The molecule has 1 saturated carbocycles. The smallest absolute Gasteiger partial charge is 0.242 e. The van der Waals surface area contributed by atoms with Crippen molar-refractivity contribution in [3.8, 4) is 0 Å². The maximum absolute atomic E-state index is 12.6. The maximum Gasteiger partial charge on any atom is 0.242 e. The van der Waals surface area contributed by atoms with Crippen LogP contribution in [0.3, 0.4) is 0 Å². The van der Waals surface area contributed by atoms with Crippen molar-refractivity contribution in [2.75, 3.05) is 6.54 Å². The fraction of sp³-hybridized carbons (Fsp3) is 0.900. The molecule has 6 N–H and O–H groups in total. The van der Waals surface area contributed by atoms with Gasteiger partial charge in [0.2, 0.25) is 11.8 Å². The van der Waals surface area contributed by atoms with E-state index in [0.717, 1.165) is 32.1 Å². The number of carbonyl (C=O) groups is 2. The largest absolute Gasteiger partial charge is 0.391 e. The van der Waals surface area contributed by atoms with Crippen molar-refractivity contribution in [2.45, 2.75) is 90.1 Å². The first-order valence-corrected chi connectivity index (χ1v) is 12.2. The summed E-state index contributed by atoms with van der Waals surface area (Å²) in [5, 5.41) is 15.7. The van der Waals surface area contributed by atoms with E-state index in [1.807, 2.05) is 27.7 Å². The number of carbonyl (C=O) groups excluding carboxylic acids is 2. The molecule has 0 aromatic carbocycles. The van der Waals surface area contributed by atoms with E-state index < -0.39 is 37.8 Å². The molecule has 0 bridgehead atoms. The van der Waals surface area contributed by atoms with Crippen LogP contribution in [-0.4, -0.2) is 52.2 Å². The van der Waals surface area contributed by atoms with Crippen LogP contribution in [0.15, 0.2) is 0 Å². The summed E-state index contributed by atoms with van der Waals surface area (Å²) in [6, 6.07) is -1.46. The lowest BCUT2D eigenvalue weighted by Gasteiger charge is -2.30. The molecule has 0 heterocycles. The zero-order valence-electron chi connectivity index (χ0n) is 18.2. The molecule has 0 spiro atoms. The van der Waals surface area contributed by atoms with Gasteiger partial charge in [-0.15, -0.1) is 0 Å². The summed E-state index contributed by atoms with van der Waals surface area (Å²) in [5.41, 5.74) is 5.43. The predicted molar refractivity (Wildman–Crippen MR) is 115 cm³/mol. The Balaban J connectivity index is 2.59. The number of aliphatic hydroxyl groups excluding tert-OH is 1. The highest BCUT2D eigenvalue weighted by Crippen LogP contribution is 2.40. The number of rotatable bonds is 11. The number of nitrogens with one attached hydrogen (secondary N) is 2. The van der Waals surface area contributed by atoms with E-state index in [-0.39, 0.29) is 36.6 Å². The Morgan fingerprint density at radius 1 is 1.07 bits per heavy atom. The van der Waals surface area contributed by atoms with Crippen LogP contribution in [0.4, 0.5) is 0 Å². The summed E-state index contributed by atoms with van der Waals surface area (Å²) in [7, 11) is -2.76. The van der Waals surface area contributed by atoms with E-state index in [2.05, 4.69) is 10.6 Å². The molecule has 170 valence electrons. The molecule has 0 aromatic rings. The zero-order chi connectivity index (χ0) is 22.1. The topological polar surface area (TPSA) is 142 Å². The third-order valence-corrected chi connectivity index (χ3v) is 7.18. The van der Waals surface area contributed by atoms with E-state index in [1.165, 1.54) is 0 Å². The van der Waals surface area contributed by atoms with Gasteiger partial charge in [-0.2, -0.15) is 0 Å². The molecule has 1 fully saturated rings. The Bertz CT molecular complexity index is 552. The molecule has 29 heavy (non-hydrogen) atoms. The van der Waals surface area contributed by atoms with Gasteiger partial charge in [-0.25, -0.2) is 0 Å². The highest BCUT2D eigenvalue weighted by Gasteiger charge is 2.31. The number of hydrogen-bond donors (Lipinski definition) is 5. The fourth-order valence-corrected chi connectivity index (χ4v) is 5.03. The van der Waals surface area contributed by atoms with Gasteiger partial charge in [0.05, 0.1) is 12.1 Å². The summed E-state index contributed by atoms with van der Waals surface area (Å²) >= 11 is 0. The predicted octanol–water partition coefficient (Wildman–Crippen LogP) is 1.39. The number of nitrogens with two attached hydrogens (primary N) is 1. The van der Waals surface area contributed by atoms with Crippen LogP contribution in [0.1, 0.15) is 66.2 Å². The summed E-state index contributed by atoms with van der Waals surface area (Å²) < 4.78 is 11.8. The third-order valence-electron chi connectivity index (χ3n) is 5.84. The molecule has 9 heteroatoms. The monoisotopic (exact) mass is 433 g/mol. The summed E-state index contributed by atoms with van der Waals surface area (Å²) in [4.78, 5) is 34.5. The van der Waals surface area contributed by atoms with Gasteiger partial charge in [-0.3, -0.25) is 14.2 Å². The molecule has 0 saturated heterocycles. The van der Waals surface area contributed by atoms with Crippen LogP contribution in [0, 0.1) is 17.8 Å². The molecule has 2 amide bonds. The van der Waals surface area contributed by atoms with Crippen molar-refractivity contribution < 1.29 is 24.2 Å². The second kappa shape index (κ2) is 12.7. The van der Waals surface area contributed by atoms with Crippen LogP contribution < -0.4 is 16.4 Å². The minimum Gasteiger partial charge on any atom is -0.391 e. The van der Waals surface area contributed by atoms with E-state index in [4.69, 9.17) is 5.73 Å².